The van der Waals surface area contributed by atoms with Gasteiger partial charge in [-0.25, -0.2) is 4.39 Å². The Labute approximate surface area is 109 Å². The molecule has 0 aromatic heterocycles. The Morgan fingerprint density at radius 3 is 2.67 bits per heavy atom. The van der Waals surface area contributed by atoms with Crippen LogP contribution in [-0.4, -0.2) is 19.3 Å². The maximum atomic E-state index is 13.4. The molecule has 0 bridgehead atoms. The topological polar surface area (TPSA) is 21.3 Å². The van der Waals surface area contributed by atoms with Crippen molar-refractivity contribution < 1.29 is 9.13 Å². The van der Waals surface area contributed by atoms with Crippen molar-refractivity contribution in [2.75, 3.05) is 13.7 Å². The molecule has 0 aliphatic heterocycles. The van der Waals surface area contributed by atoms with E-state index in [2.05, 4.69) is 5.32 Å². The smallest absolute Gasteiger partial charge is 0.123 e. The monoisotopic (exact) mass is 251 g/mol. The van der Waals surface area contributed by atoms with Crippen LogP contribution in [-0.2, 0) is 4.74 Å². The van der Waals surface area contributed by atoms with Gasteiger partial charge in [0.2, 0.25) is 0 Å². The zero-order valence-corrected chi connectivity index (χ0v) is 11.2. The maximum absolute atomic E-state index is 13.4. The summed E-state index contributed by atoms with van der Waals surface area (Å²) in [5, 5.41) is 3.32. The van der Waals surface area contributed by atoms with E-state index in [9.17, 15) is 4.39 Å². The third-order valence-corrected chi connectivity index (χ3v) is 3.88. The summed E-state index contributed by atoms with van der Waals surface area (Å²) in [7, 11) is 1.93. The van der Waals surface area contributed by atoms with E-state index in [1.165, 1.54) is 18.9 Å². The summed E-state index contributed by atoms with van der Waals surface area (Å²) in [5.74, 6) is -0.183. The molecular weight excluding hydrogens is 229 g/mol. The van der Waals surface area contributed by atoms with Gasteiger partial charge in [0.05, 0.1) is 11.6 Å². The van der Waals surface area contributed by atoms with Crippen molar-refractivity contribution in [1.82, 2.24) is 5.32 Å². The summed E-state index contributed by atoms with van der Waals surface area (Å²) in [6.45, 7) is 2.73. The third-order valence-electron chi connectivity index (χ3n) is 3.88. The highest BCUT2D eigenvalue weighted by Crippen LogP contribution is 2.42. The maximum Gasteiger partial charge on any atom is 0.123 e. The zero-order chi connectivity index (χ0) is 13.0. The van der Waals surface area contributed by atoms with Crippen LogP contribution in [0.1, 0.15) is 44.2 Å². The lowest BCUT2D eigenvalue weighted by Crippen LogP contribution is -2.43. The predicted octanol–water partition coefficient (Wildman–Crippen LogP) is 3.44. The molecule has 0 amide bonds. The molecule has 1 aliphatic rings. The molecule has 1 unspecified atom stereocenters. The lowest BCUT2D eigenvalue weighted by Gasteiger charge is -2.37. The molecule has 0 heterocycles. The standard InChI is InChI=1S/C15H22FNO/c1-3-18-15(9-4-5-10-15)14(17-2)12-7-6-8-13(16)11-12/h6-8,11,14,17H,3-5,9-10H2,1-2H3. The molecule has 18 heavy (non-hydrogen) atoms. The second kappa shape index (κ2) is 5.81. The molecule has 0 saturated heterocycles. The Hall–Kier alpha value is -0.930. The van der Waals surface area contributed by atoms with E-state index in [0.29, 0.717) is 6.61 Å². The molecule has 1 fully saturated rings. The van der Waals surface area contributed by atoms with E-state index in [1.807, 2.05) is 20.0 Å². The minimum absolute atomic E-state index is 0.0654. The Balaban J connectivity index is 2.31. The molecule has 1 aromatic rings. The van der Waals surface area contributed by atoms with Gasteiger partial charge in [-0.3, -0.25) is 0 Å². The molecule has 1 aliphatic carbocycles. The minimum Gasteiger partial charge on any atom is -0.373 e. The van der Waals surface area contributed by atoms with Gasteiger partial charge in [0, 0.05) is 6.61 Å². The van der Waals surface area contributed by atoms with Gasteiger partial charge in [-0.05, 0) is 44.5 Å². The first-order chi connectivity index (χ1) is 8.72. The predicted molar refractivity (Wildman–Crippen MR) is 71.0 cm³/mol. The summed E-state index contributed by atoms with van der Waals surface area (Å²) < 4.78 is 19.4. The number of hydrogen-bond acceptors (Lipinski definition) is 2. The van der Waals surface area contributed by atoms with Crippen molar-refractivity contribution in [2.24, 2.45) is 0 Å². The number of likely N-dealkylation sites (N-methyl/N-ethyl adjacent to an activating group) is 1. The van der Waals surface area contributed by atoms with Crippen molar-refractivity contribution in [2.45, 2.75) is 44.2 Å². The molecule has 2 nitrogen and oxygen atoms in total. The zero-order valence-electron chi connectivity index (χ0n) is 11.2. The number of hydrogen-bond donors (Lipinski definition) is 1. The highest BCUT2D eigenvalue weighted by atomic mass is 19.1. The fourth-order valence-corrected chi connectivity index (χ4v) is 3.20. The molecule has 1 aromatic carbocycles. The SMILES string of the molecule is CCOC1(C(NC)c2cccc(F)c2)CCCC1. The summed E-state index contributed by atoms with van der Waals surface area (Å²) in [4.78, 5) is 0. The van der Waals surface area contributed by atoms with Crippen LogP contribution in [0.3, 0.4) is 0 Å². The highest BCUT2D eigenvalue weighted by Gasteiger charge is 2.42. The van der Waals surface area contributed by atoms with Gasteiger partial charge in [0.15, 0.2) is 0 Å². The Morgan fingerprint density at radius 1 is 1.39 bits per heavy atom. The van der Waals surface area contributed by atoms with Crippen LogP contribution in [0.5, 0.6) is 0 Å². The van der Waals surface area contributed by atoms with Crippen molar-refractivity contribution in [3.63, 3.8) is 0 Å². The molecule has 2 rings (SSSR count). The summed E-state index contributed by atoms with van der Waals surface area (Å²) in [5.41, 5.74) is 0.810. The highest BCUT2D eigenvalue weighted by molar-refractivity contribution is 5.24. The summed E-state index contributed by atoms with van der Waals surface area (Å²) >= 11 is 0. The molecule has 0 spiro atoms. The van der Waals surface area contributed by atoms with Crippen LogP contribution in [0, 0.1) is 5.82 Å². The van der Waals surface area contributed by atoms with Gasteiger partial charge in [-0.15, -0.1) is 0 Å². The summed E-state index contributed by atoms with van der Waals surface area (Å²) in [6.07, 6.45) is 4.46. The largest absolute Gasteiger partial charge is 0.373 e. The Morgan fingerprint density at radius 2 is 2.11 bits per heavy atom. The molecular formula is C15H22FNO. The average Bonchev–Trinajstić information content (AvgIpc) is 2.80. The normalized spacial score (nSPS) is 19.9. The van der Waals surface area contributed by atoms with Gasteiger partial charge in [-0.2, -0.15) is 0 Å². The van der Waals surface area contributed by atoms with Crippen LogP contribution < -0.4 is 5.32 Å². The first-order valence-corrected chi connectivity index (χ1v) is 6.78. The first-order valence-electron chi connectivity index (χ1n) is 6.78. The summed E-state index contributed by atoms with van der Waals surface area (Å²) in [6, 6.07) is 6.90. The minimum atomic E-state index is -0.183. The molecule has 3 heteroatoms. The van der Waals surface area contributed by atoms with E-state index >= 15 is 0 Å². The van der Waals surface area contributed by atoms with Crippen molar-refractivity contribution in [1.29, 1.82) is 0 Å². The van der Waals surface area contributed by atoms with E-state index in [-0.39, 0.29) is 17.5 Å². The Kier molecular flexibility index (Phi) is 4.36. The van der Waals surface area contributed by atoms with Gasteiger partial charge in [0.1, 0.15) is 5.82 Å². The number of rotatable bonds is 5. The lowest BCUT2D eigenvalue weighted by atomic mass is 9.86. The number of benzene rings is 1. The van der Waals surface area contributed by atoms with Crippen molar-refractivity contribution >= 4 is 0 Å². The number of nitrogens with one attached hydrogen (secondary N) is 1. The third kappa shape index (κ3) is 2.57. The molecule has 1 saturated carbocycles. The van der Waals surface area contributed by atoms with Crippen molar-refractivity contribution in [3.05, 3.63) is 35.6 Å². The first kappa shape index (κ1) is 13.5. The van der Waals surface area contributed by atoms with E-state index < -0.39 is 0 Å². The second-order valence-electron chi connectivity index (χ2n) is 4.98. The molecule has 1 atom stereocenters. The van der Waals surface area contributed by atoms with Gasteiger partial charge < -0.3 is 10.1 Å². The number of halogens is 1. The van der Waals surface area contributed by atoms with Crippen LogP contribution in [0.4, 0.5) is 4.39 Å². The Bertz CT molecular complexity index is 388. The second-order valence-corrected chi connectivity index (χ2v) is 4.98. The fourth-order valence-electron chi connectivity index (χ4n) is 3.20. The average molecular weight is 251 g/mol. The number of ether oxygens (including phenoxy) is 1. The molecule has 0 radical (unpaired) electrons. The molecule has 100 valence electrons. The fraction of sp³-hybridized carbons (Fsp3) is 0.600. The van der Waals surface area contributed by atoms with Crippen LogP contribution in [0.25, 0.3) is 0 Å². The van der Waals surface area contributed by atoms with Crippen molar-refractivity contribution in [3.8, 4) is 0 Å². The van der Waals surface area contributed by atoms with Gasteiger partial charge in [0.25, 0.3) is 0 Å². The molecule has 1 N–H and O–H groups in total. The lowest BCUT2D eigenvalue weighted by molar-refractivity contribution is -0.0610. The van der Waals surface area contributed by atoms with E-state index in [1.54, 1.807) is 12.1 Å². The van der Waals surface area contributed by atoms with Crippen LogP contribution in [0.2, 0.25) is 0 Å². The van der Waals surface area contributed by atoms with Gasteiger partial charge >= 0.3 is 0 Å². The van der Waals surface area contributed by atoms with Gasteiger partial charge in [-0.1, -0.05) is 25.0 Å². The quantitative estimate of drug-likeness (QED) is 0.865. The van der Waals surface area contributed by atoms with E-state index in [4.69, 9.17) is 4.74 Å². The van der Waals surface area contributed by atoms with E-state index in [0.717, 1.165) is 18.4 Å². The van der Waals surface area contributed by atoms with Crippen LogP contribution in [0.15, 0.2) is 24.3 Å². The van der Waals surface area contributed by atoms with Crippen LogP contribution >= 0.6 is 0 Å².